The van der Waals surface area contributed by atoms with E-state index in [1.54, 1.807) is 30.6 Å². The summed E-state index contributed by atoms with van der Waals surface area (Å²) in [6.07, 6.45) is 5.23. The molecule has 1 fully saturated rings. The van der Waals surface area contributed by atoms with Gasteiger partial charge in [0.15, 0.2) is 0 Å². The lowest BCUT2D eigenvalue weighted by Gasteiger charge is -2.31. The average Bonchev–Trinajstić information content (AvgIpc) is 2.77. The SMILES string of the molecule is O=C(CN1CCC(c2cccc(Nc3ncccn3)n2)CC1)Nc1ccc(F)cc1. The molecular weight excluding hydrogens is 383 g/mol. The molecule has 3 heterocycles. The Morgan fingerprint density at radius 2 is 1.77 bits per heavy atom. The zero-order valence-electron chi connectivity index (χ0n) is 16.5. The second-order valence-electron chi connectivity index (χ2n) is 7.25. The van der Waals surface area contributed by atoms with Gasteiger partial charge >= 0.3 is 0 Å². The van der Waals surface area contributed by atoms with Gasteiger partial charge in [-0.05, 0) is 68.4 Å². The number of halogens is 1. The molecular formula is C22H23FN6O. The largest absolute Gasteiger partial charge is 0.325 e. The van der Waals surface area contributed by atoms with E-state index in [0.717, 1.165) is 37.4 Å². The van der Waals surface area contributed by atoms with Crippen molar-refractivity contribution in [2.24, 2.45) is 0 Å². The first-order valence-electron chi connectivity index (χ1n) is 9.94. The van der Waals surface area contributed by atoms with Crippen LogP contribution in [0, 0.1) is 5.82 Å². The molecule has 0 unspecified atom stereocenters. The molecule has 0 spiro atoms. The van der Waals surface area contributed by atoms with E-state index in [0.29, 0.717) is 24.1 Å². The van der Waals surface area contributed by atoms with Crippen molar-refractivity contribution in [3.05, 3.63) is 72.4 Å². The van der Waals surface area contributed by atoms with Gasteiger partial charge in [-0.1, -0.05) is 6.07 Å². The molecule has 154 valence electrons. The lowest BCUT2D eigenvalue weighted by molar-refractivity contribution is -0.117. The molecule has 4 rings (SSSR count). The van der Waals surface area contributed by atoms with Gasteiger partial charge in [0.25, 0.3) is 0 Å². The standard InChI is InChI=1S/C22H23FN6O/c23-17-5-7-18(8-6-17)26-21(30)15-29-13-9-16(10-14-29)19-3-1-4-20(27-19)28-22-24-11-2-12-25-22/h1-8,11-12,16H,9-10,13-15H2,(H,26,30)(H,24,25,27,28). The topological polar surface area (TPSA) is 83.0 Å². The van der Waals surface area contributed by atoms with Crippen LogP contribution in [0.5, 0.6) is 0 Å². The fraction of sp³-hybridized carbons (Fsp3) is 0.273. The number of carbonyl (C=O) groups excluding carboxylic acids is 1. The van der Waals surface area contributed by atoms with Crippen LogP contribution in [-0.4, -0.2) is 45.4 Å². The van der Waals surface area contributed by atoms with Crippen LogP contribution in [0.1, 0.15) is 24.5 Å². The summed E-state index contributed by atoms with van der Waals surface area (Å²) in [7, 11) is 0. The summed E-state index contributed by atoms with van der Waals surface area (Å²) >= 11 is 0. The number of aromatic nitrogens is 3. The van der Waals surface area contributed by atoms with Crippen LogP contribution in [0.15, 0.2) is 60.9 Å². The number of carbonyl (C=O) groups is 1. The van der Waals surface area contributed by atoms with E-state index in [1.165, 1.54) is 12.1 Å². The number of rotatable bonds is 6. The van der Waals surface area contributed by atoms with Crippen molar-refractivity contribution in [1.29, 1.82) is 0 Å². The molecule has 3 aromatic rings. The van der Waals surface area contributed by atoms with Gasteiger partial charge in [-0.3, -0.25) is 9.69 Å². The first kappa shape index (κ1) is 19.9. The smallest absolute Gasteiger partial charge is 0.238 e. The minimum absolute atomic E-state index is 0.0905. The molecule has 7 nitrogen and oxygen atoms in total. The van der Waals surface area contributed by atoms with Gasteiger partial charge in [0.1, 0.15) is 11.6 Å². The number of hydrogen-bond donors (Lipinski definition) is 2. The zero-order chi connectivity index (χ0) is 20.8. The molecule has 30 heavy (non-hydrogen) atoms. The Balaban J connectivity index is 1.28. The lowest BCUT2D eigenvalue weighted by Crippen LogP contribution is -2.38. The molecule has 0 saturated carbocycles. The van der Waals surface area contributed by atoms with E-state index in [4.69, 9.17) is 4.98 Å². The van der Waals surface area contributed by atoms with Gasteiger partial charge in [-0.25, -0.2) is 19.3 Å². The number of benzene rings is 1. The van der Waals surface area contributed by atoms with Crippen molar-refractivity contribution in [3.8, 4) is 0 Å². The Morgan fingerprint density at radius 3 is 2.50 bits per heavy atom. The van der Waals surface area contributed by atoms with Crippen molar-refractivity contribution in [1.82, 2.24) is 19.9 Å². The highest BCUT2D eigenvalue weighted by molar-refractivity contribution is 5.92. The molecule has 1 aliphatic heterocycles. The zero-order valence-corrected chi connectivity index (χ0v) is 16.5. The number of anilines is 3. The van der Waals surface area contributed by atoms with Crippen LogP contribution < -0.4 is 10.6 Å². The molecule has 1 aromatic carbocycles. The third-order valence-corrected chi connectivity index (χ3v) is 5.08. The number of amides is 1. The summed E-state index contributed by atoms with van der Waals surface area (Å²) in [6.45, 7) is 1.97. The van der Waals surface area contributed by atoms with Crippen LogP contribution >= 0.6 is 0 Å². The monoisotopic (exact) mass is 406 g/mol. The number of pyridine rings is 1. The Labute approximate surface area is 174 Å². The molecule has 0 bridgehead atoms. The fourth-order valence-corrected chi connectivity index (χ4v) is 3.55. The molecule has 1 saturated heterocycles. The van der Waals surface area contributed by atoms with Gasteiger partial charge in [0.2, 0.25) is 11.9 Å². The number of nitrogens with one attached hydrogen (secondary N) is 2. The summed E-state index contributed by atoms with van der Waals surface area (Å²) in [5.74, 6) is 1.18. The van der Waals surface area contributed by atoms with E-state index in [-0.39, 0.29) is 11.7 Å². The lowest BCUT2D eigenvalue weighted by atomic mass is 9.93. The minimum atomic E-state index is -0.320. The van der Waals surface area contributed by atoms with Gasteiger partial charge in [0, 0.05) is 29.7 Å². The predicted octanol–water partition coefficient (Wildman–Crippen LogP) is 3.57. The minimum Gasteiger partial charge on any atom is -0.325 e. The van der Waals surface area contributed by atoms with Crippen LogP contribution in [0.2, 0.25) is 0 Å². The number of hydrogen-bond acceptors (Lipinski definition) is 6. The van der Waals surface area contributed by atoms with Crippen LogP contribution in [0.25, 0.3) is 0 Å². The average molecular weight is 406 g/mol. The Bertz CT molecular complexity index is 974. The van der Waals surface area contributed by atoms with E-state index in [9.17, 15) is 9.18 Å². The number of nitrogens with zero attached hydrogens (tertiary/aromatic N) is 4. The number of piperidine rings is 1. The van der Waals surface area contributed by atoms with Crippen LogP contribution in [0.3, 0.4) is 0 Å². The van der Waals surface area contributed by atoms with Crippen molar-refractivity contribution in [2.45, 2.75) is 18.8 Å². The van der Waals surface area contributed by atoms with Crippen molar-refractivity contribution >= 4 is 23.4 Å². The predicted molar refractivity (Wildman–Crippen MR) is 113 cm³/mol. The molecule has 2 N–H and O–H groups in total. The van der Waals surface area contributed by atoms with Gasteiger partial charge in [-0.15, -0.1) is 0 Å². The molecule has 1 amide bonds. The summed E-state index contributed by atoms with van der Waals surface area (Å²) in [5.41, 5.74) is 1.64. The molecule has 8 heteroatoms. The molecule has 0 radical (unpaired) electrons. The highest BCUT2D eigenvalue weighted by Gasteiger charge is 2.23. The quantitative estimate of drug-likeness (QED) is 0.651. The van der Waals surface area contributed by atoms with Crippen LogP contribution in [-0.2, 0) is 4.79 Å². The summed E-state index contributed by atoms with van der Waals surface area (Å²) in [4.78, 5) is 27.4. The maximum Gasteiger partial charge on any atom is 0.238 e. The van der Waals surface area contributed by atoms with E-state index >= 15 is 0 Å². The highest BCUT2D eigenvalue weighted by atomic mass is 19.1. The summed E-state index contributed by atoms with van der Waals surface area (Å²) in [6, 6.07) is 13.5. The summed E-state index contributed by atoms with van der Waals surface area (Å²) < 4.78 is 13.0. The fourth-order valence-electron chi connectivity index (χ4n) is 3.55. The van der Waals surface area contributed by atoms with Crippen molar-refractivity contribution < 1.29 is 9.18 Å². The summed E-state index contributed by atoms with van der Waals surface area (Å²) in [5, 5.41) is 5.93. The first-order valence-corrected chi connectivity index (χ1v) is 9.94. The maximum atomic E-state index is 13.0. The molecule has 2 aromatic heterocycles. The first-order chi connectivity index (χ1) is 14.7. The number of likely N-dealkylation sites (tertiary alicyclic amines) is 1. The Kier molecular flexibility index (Phi) is 6.24. The molecule has 1 aliphatic rings. The van der Waals surface area contributed by atoms with Gasteiger partial charge in [0.05, 0.1) is 6.54 Å². The van der Waals surface area contributed by atoms with Crippen molar-refractivity contribution in [2.75, 3.05) is 30.3 Å². The van der Waals surface area contributed by atoms with E-state index < -0.39 is 0 Å². The Morgan fingerprint density at radius 1 is 1.03 bits per heavy atom. The second kappa shape index (κ2) is 9.41. The van der Waals surface area contributed by atoms with Gasteiger partial charge in [-0.2, -0.15) is 0 Å². The van der Waals surface area contributed by atoms with E-state index in [2.05, 4.69) is 25.5 Å². The van der Waals surface area contributed by atoms with Crippen LogP contribution in [0.4, 0.5) is 21.8 Å². The Hall–Kier alpha value is -3.39. The third kappa shape index (κ3) is 5.36. The third-order valence-electron chi connectivity index (χ3n) is 5.08. The second-order valence-corrected chi connectivity index (χ2v) is 7.25. The maximum absolute atomic E-state index is 13.0. The molecule has 0 aliphatic carbocycles. The van der Waals surface area contributed by atoms with Gasteiger partial charge < -0.3 is 10.6 Å². The van der Waals surface area contributed by atoms with Crippen molar-refractivity contribution in [3.63, 3.8) is 0 Å². The normalized spacial score (nSPS) is 15.0. The highest BCUT2D eigenvalue weighted by Crippen LogP contribution is 2.27. The van der Waals surface area contributed by atoms with E-state index in [1.807, 2.05) is 18.2 Å². The molecule has 0 atom stereocenters.